The number of rotatable bonds is 6. The molecule has 1 saturated heterocycles. The van der Waals surface area contributed by atoms with Gasteiger partial charge in [0.25, 0.3) is 0 Å². The Bertz CT molecular complexity index is 493. The van der Waals surface area contributed by atoms with E-state index in [-0.39, 0.29) is 12.4 Å². The molecule has 122 valence electrons. The van der Waals surface area contributed by atoms with E-state index in [4.69, 9.17) is 10.00 Å². The summed E-state index contributed by atoms with van der Waals surface area (Å²) >= 11 is 0. The zero-order chi connectivity index (χ0) is 15.1. The normalized spacial score (nSPS) is 15.9. The van der Waals surface area contributed by atoms with Crippen LogP contribution in [0.3, 0.4) is 0 Å². The van der Waals surface area contributed by atoms with Gasteiger partial charge in [-0.3, -0.25) is 4.90 Å². The summed E-state index contributed by atoms with van der Waals surface area (Å²) in [5.74, 6) is 1.54. The van der Waals surface area contributed by atoms with E-state index in [2.05, 4.69) is 16.3 Å². The standard InChI is InChI=1S/C17H25N3O.ClH/c1-19-8-5-14-6-9-20(10-7-14)13-15-3-4-16(12-18)17(11-15)21-2;/h3-4,11,14,19H,5-10,13H2,1-2H3;1H. The van der Waals surface area contributed by atoms with Gasteiger partial charge in [-0.25, -0.2) is 0 Å². The van der Waals surface area contributed by atoms with Crippen LogP contribution in [0.15, 0.2) is 18.2 Å². The highest BCUT2D eigenvalue weighted by Crippen LogP contribution is 2.24. The van der Waals surface area contributed by atoms with E-state index >= 15 is 0 Å². The van der Waals surface area contributed by atoms with Gasteiger partial charge in [-0.05, 0) is 69.6 Å². The number of hydrogen-bond acceptors (Lipinski definition) is 4. The summed E-state index contributed by atoms with van der Waals surface area (Å²) in [6.45, 7) is 4.39. The minimum atomic E-state index is 0. The van der Waals surface area contributed by atoms with Crippen LogP contribution in [-0.4, -0.2) is 38.7 Å². The lowest BCUT2D eigenvalue weighted by molar-refractivity contribution is 0.172. The average molecular weight is 324 g/mol. The molecule has 1 aromatic rings. The molecule has 1 fully saturated rings. The first-order chi connectivity index (χ1) is 10.3. The maximum atomic E-state index is 9.02. The molecule has 1 aliphatic heterocycles. The molecule has 1 N–H and O–H groups in total. The predicted molar refractivity (Wildman–Crippen MR) is 91.5 cm³/mol. The molecule has 2 rings (SSSR count). The zero-order valence-corrected chi connectivity index (χ0v) is 14.3. The van der Waals surface area contributed by atoms with Gasteiger partial charge in [-0.2, -0.15) is 5.26 Å². The largest absolute Gasteiger partial charge is 0.495 e. The molecule has 0 atom stereocenters. The van der Waals surface area contributed by atoms with Crippen LogP contribution in [0, 0.1) is 17.2 Å². The molecule has 0 unspecified atom stereocenters. The van der Waals surface area contributed by atoms with Crippen molar-refractivity contribution in [1.82, 2.24) is 10.2 Å². The van der Waals surface area contributed by atoms with Crippen molar-refractivity contribution in [3.63, 3.8) is 0 Å². The summed E-state index contributed by atoms with van der Waals surface area (Å²) in [6.07, 6.45) is 3.86. The second-order valence-electron chi connectivity index (χ2n) is 5.76. The second kappa shape index (κ2) is 9.68. The molecule has 0 radical (unpaired) electrons. The second-order valence-corrected chi connectivity index (χ2v) is 5.76. The van der Waals surface area contributed by atoms with E-state index < -0.39 is 0 Å². The summed E-state index contributed by atoms with van der Waals surface area (Å²) in [4.78, 5) is 2.50. The van der Waals surface area contributed by atoms with Crippen molar-refractivity contribution in [3.8, 4) is 11.8 Å². The topological polar surface area (TPSA) is 48.3 Å². The molecule has 5 heteroatoms. The van der Waals surface area contributed by atoms with E-state index in [1.807, 2.05) is 25.2 Å². The lowest BCUT2D eigenvalue weighted by Crippen LogP contribution is -2.34. The van der Waals surface area contributed by atoms with Crippen LogP contribution >= 0.6 is 12.4 Å². The van der Waals surface area contributed by atoms with Gasteiger partial charge in [-0.15, -0.1) is 12.4 Å². The lowest BCUT2D eigenvalue weighted by atomic mass is 9.93. The van der Waals surface area contributed by atoms with Crippen LogP contribution in [-0.2, 0) is 6.54 Å². The highest BCUT2D eigenvalue weighted by molar-refractivity contribution is 5.85. The number of halogens is 1. The average Bonchev–Trinajstić information content (AvgIpc) is 2.54. The smallest absolute Gasteiger partial charge is 0.136 e. The van der Waals surface area contributed by atoms with Crippen molar-refractivity contribution in [3.05, 3.63) is 29.3 Å². The van der Waals surface area contributed by atoms with Gasteiger partial charge in [0.05, 0.1) is 12.7 Å². The minimum Gasteiger partial charge on any atom is -0.495 e. The summed E-state index contributed by atoms with van der Waals surface area (Å²) in [5, 5.41) is 12.3. The highest BCUT2D eigenvalue weighted by Gasteiger charge is 2.19. The van der Waals surface area contributed by atoms with Gasteiger partial charge in [-0.1, -0.05) is 6.07 Å². The molecule has 0 saturated carbocycles. The molecule has 0 aromatic heterocycles. The molecule has 1 aromatic carbocycles. The number of methoxy groups -OCH3 is 1. The fraction of sp³-hybridized carbons (Fsp3) is 0.588. The van der Waals surface area contributed by atoms with Crippen LogP contribution in [0.25, 0.3) is 0 Å². The Morgan fingerprint density at radius 2 is 2.09 bits per heavy atom. The van der Waals surface area contributed by atoms with Crippen molar-refractivity contribution < 1.29 is 4.74 Å². The third-order valence-corrected chi connectivity index (χ3v) is 4.30. The lowest BCUT2D eigenvalue weighted by Gasteiger charge is -2.32. The molecule has 0 amide bonds. The van der Waals surface area contributed by atoms with Gasteiger partial charge < -0.3 is 10.1 Å². The Morgan fingerprint density at radius 3 is 2.68 bits per heavy atom. The molecular formula is C17H26ClN3O. The maximum Gasteiger partial charge on any atom is 0.136 e. The van der Waals surface area contributed by atoms with Gasteiger partial charge in [0.2, 0.25) is 0 Å². The number of nitrogens with one attached hydrogen (secondary N) is 1. The van der Waals surface area contributed by atoms with E-state index in [1.54, 1.807) is 7.11 Å². The Kier molecular flexibility index (Phi) is 8.26. The molecule has 4 nitrogen and oxygen atoms in total. The molecule has 0 aliphatic carbocycles. The number of likely N-dealkylation sites (tertiary alicyclic amines) is 1. The van der Waals surface area contributed by atoms with Crippen LogP contribution in [0.1, 0.15) is 30.4 Å². The number of nitriles is 1. The maximum absolute atomic E-state index is 9.02. The van der Waals surface area contributed by atoms with Crippen molar-refractivity contribution in [2.24, 2.45) is 5.92 Å². The fourth-order valence-corrected chi connectivity index (χ4v) is 2.97. The number of hydrogen-bond donors (Lipinski definition) is 1. The Morgan fingerprint density at radius 1 is 1.36 bits per heavy atom. The SMILES string of the molecule is CNCCC1CCN(Cc2ccc(C#N)c(OC)c2)CC1.Cl. The highest BCUT2D eigenvalue weighted by atomic mass is 35.5. The molecule has 1 heterocycles. The third kappa shape index (κ3) is 5.17. The van der Waals surface area contributed by atoms with Crippen LogP contribution < -0.4 is 10.1 Å². The zero-order valence-electron chi connectivity index (χ0n) is 13.5. The summed E-state index contributed by atoms with van der Waals surface area (Å²) in [5.41, 5.74) is 1.83. The van der Waals surface area contributed by atoms with E-state index in [1.165, 1.54) is 24.8 Å². The van der Waals surface area contributed by atoms with E-state index in [0.717, 1.165) is 32.1 Å². The quantitative estimate of drug-likeness (QED) is 0.874. The molecular weight excluding hydrogens is 298 g/mol. The fourth-order valence-electron chi connectivity index (χ4n) is 2.97. The van der Waals surface area contributed by atoms with Crippen molar-refractivity contribution in [2.75, 3.05) is 33.8 Å². The summed E-state index contributed by atoms with van der Waals surface area (Å²) < 4.78 is 5.28. The van der Waals surface area contributed by atoms with Crippen molar-refractivity contribution in [2.45, 2.75) is 25.8 Å². The number of ether oxygens (including phenoxy) is 1. The van der Waals surface area contributed by atoms with E-state index in [9.17, 15) is 0 Å². The van der Waals surface area contributed by atoms with Crippen LogP contribution in [0.2, 0.25) is 0 Å². The van der Waals surface area contributed by atoms with Crippen LogP contribution in [0.5, 0.6) is 5.75 Å². The van der Waals surface area contributed by atoms with Gasteiger partial charge >= 0.3 is 0 Å². The van der Waals surface area contributed by atoms with E-state index in [0.29, 0.717) is 11.3 Å². The van der Waals surface area contributed by atoms with Gasteiger partial charge in [0.1, 0.15) is 11.8 Å². The number of benzene rings is 1. The van der Waals surface area contributed by atoms with Crippen LogP contribution in [0.4, 0.5) is 0 Å². The molecule has 0 spiro atoms. The minimum absolute atomic E-state index is 0. The molecule has 0 bridgehead atoms. The summed E-state index contributed by atoms with van der Waals surface area (Å²) in [7, 11) is 3.64. The first kappa shape index (κ1) is 18.8. The molecule has 1 aliphatic rings. The Labute approximate surface area is 139 Å². The van der Waals surface area contributed by atoms with Gasteiger partial charge in [0.15, 0.2) is 0 Å². The first-order valence-electron chi connectivity index (χ1n) is 7.70. The number of nitrogens with zero attached hydrogens (tertiary/aromatic N) is 2. The Hall–Kier alpha value is -1.28. The van der Waals surface area contributed by atoms with Crippen molar-refractivity contribution >= 4 is 12.4 Å². The Balaban J connectivity index is 0.00000242. The van der Waals surface area contributed by atoms with Gasteiger partial charge in [0, 0.05) is 6.54 Å². The first-order valence-corrected chi connectivity index (χ1v) is 7.70. The number of piperidine rings is 1. The third-order valence-electron chi connectivity index (χ3n) is 4.30. The summed E-state index contributed by atoms with van der Waals surface area (Å²) in [6, 6.07) is 8.04. The monoisotopic (exact) mass is 323 g/mol. The predicted octanol–water partition coefficient (Wildman–Crippen LogP) is 2.81. The van der Waals surface area contributed by atoms with Crippen molar-refractivity contribution in [1.29, 1.82) is 5.26 Å². The molecule has 22 heavy (non-hydrogen) atoms.